The molecule has 0 bridgehead atoms. The minimum atomic E-state index is -0.758. The molecule has 0 amide bonds. The highest BCUT2D eigenvalue weighted by atomic mass is 32.1. The van der Waals surface area contributed by atoms with Gasteiger partial charge in [0.05, 0.1) is 12.1 Å². The van der Waals surface area contributed by atoms with E-state index in [1.807, 2.05) is 5.38 Å². The maximum absolute atomic E-state index is 10.6. The van der Waals surface area contributed by atoms with Gasteiger partial charge in [-0.15, -0.1) is 11.3 Å². The smallest absolute Gasteiger partial charge is 0.303 e. The second kappa shape index (κ2) is 5.90. The second-order valence-corrected chi connectivity index (χ2v) is 6.50. The lowest BCUT2D eigenvalue weighted by Gasteiger charge is -2.38. The van der Waals surface area contributed by atoms with Gasteiger partial charge in [-0.2, -0.15) is 0 Å². The number of hydrogen-bond acceptors (Lipinski definition) is 4. The van der Waals surface area contributed by atoms with Gasteiger partial charge in [0.15, 0.2) is 5.13 Å². The van der Waals surface area contributed by atoms with E-state index >= 15 is 0 Å². The van der Waals surface area contributed by atoms with Crippen molar-refractivity contribution in [1.29, 1.82) is 0 Å². The first-order valence-corrected chi connectivity index (χ1v) is 7.81. The van der Waals surface area contributed by atoms with Gasteiger partial charge in [-0.1, -0.05) is 20.3 Å². The summed E-state index contributed by atoms with van der Waals surface area (Å²) in [6, 6.07) is 0. The van der Waals surface area contributed by atoms with E-state index in [0.29, 0.717) is 11.8 Å². The summed E-state index contributed by atoms with van der Waals surface area (Å²) < 4.78 is 0. The highest BCUT2D eigenvalue weighted by Gasteiger charge is 2.29. The minimum Gasteiger partial charge on any atom is -0.481 e. The van der Waals surface area contributed by atoms with Crippen LogP contribution in [0, 0.1) is 5.41 Å². The number of aliphatic carboxylic acids is 1. The number of aryl methyl sites for hydroxylation is 1. The average molecular weight is 282 g/mol. The van der Waals surface area contributed by atoms with Crippen LogP contribution in [-0.2, 0) is 11.2 Å². The van der Waals surface area contributed by atoms with Gasteiger partial charge in [0.1, 0.15) is 0 Å². The molecule has 0 unspecified atom stereocenters. The van der Waals surface area contributed by atoms with Crippen molar-refractivity contribution in [2.75, 3.05) is 18.0 Å². The number of carboxylic acid groups (broad SMARTS) is 1. The molecular formula is C14H22N2O2S. The number of hydrogen-bond donors (Lipinski definition) is 1. The molecule has 0 aromatic carbocycles. The fourth-order valence-corrected chi connectivity index (χ4v) is 3.30. The Morgan fingerprint density at radius 2 is 2.21 bits per heavy atom. The summed E-state index contributed by atoms with van der Waals surface area (Å²) in [6.07, 6.45) is 4.37. The van der Waals surface area contributed by atoms with Gasteiger partial charge in [-0.05, 0) is 18.3 Å². The molecule has 19 heavy (non-hydrogen) atoms. The van der Waals surface area contributed by atoms with Gasteiger partial charge in [0, 0.05) is 24.9 Å². The monoisotopic (exact) mass is 282 g/mol. The summed E-state index contributed by atoms with van der Waals surface area (Å²) in [7, 11) is 0. The van der Waals surface area contributed by atoms with Gasteiger partial charge in [0.25, 0.3) is 0 Å². The number of aromatic nitrogens is 1. The third-order valence-corrected chi connectivity index (χ3v) is 5.18. The summed E-state index contributed by atoms with van der Waals surface area (Å²) in [4.78, 5) is 17.5. The summed E-state index contributed by atoms with van der Waals surface area (Å²) in [5.74, 6) is -0.758. The lowest BCUT2D eigenvalue weighted by Crippen LogP contribution is -2.38. The largest absolute Gasteiger partial charge is 0.481 e. The summed E-state index contributed by atoms with van der Waals surface area (Å²) in [5.41, 5.74) is 1.39. The number of carbonyl (C=O) groups is 1. The molecule has 0 spiro atoms. The first kappa shape index (κ1) is 14.3. The van der Waals surface area contributed by atoms with E-state index in [-0.39, 0.29) is 6.42 Å². The SMILES string of the molecule is CCC1(C)CCN(c2nc(CCC(=O)O)cs2)CC1. The number of nitrogens with zero attached hydrogens (tertiary/aromatic N) is 2. The van der Waals surface area contributed by atoms with Crippen molar-refractivity contribution in [3.05, 3.63) is 11.1 Å². The number of thiazole rings is 1. The van der Waals surface area contributed by atoms with Gasteiger partial charge in [-0.25, -0.2) is 4.98 Å². The van der Waals surface area contributed by atoms with E-state index in [1.165, 1.54) is 19.3 Å². The second-order valence-electron chi connectivity index (χ2n) is 5.67. The maximum Gasteiger partial charge on any atom is 0.303 e. The Morgan fingerprint density at radius 3 is 2.79 bits per heavy atom. The van der Waals surface area contributed by atoms with Gasteiger partial charge in [-0.3, -0.25) is 4.79 Å². The van der Waals surface area contributed by atoms with Crippen LogP contribution in [-0.4, -0.2) is 29.1 Å². The molecule has 1 N–H and O–H groups in total. The van der Waals surface area contributed by atoms with Crippen molar-refractivity contribution in [2.45, 2.75) is 46.0 Å². The Bertz CT molecular complexity index is 436. The van der Waals surface area contributed by atoms with Gasteiger partial charge >= 0.3 is 5.97 Å². The molecule has 1 aliphatic heterocycles. The zero-order valence-electron chi connectivity index (χ0n) is 11.7. The molecule has 5 heteroatoms. The number of piperidine rings is 1. The van der Waals surface area contributed by atoms with E-state index < -0.39 is 5.97 Å². The molecule has 4 nitrogen and oxygen atoms in total. The number of carboxylic acids is 1. The highest BCUT2D eigenvalue weighted by molar-refractivity contribution is 7.13. The molecule has 1 aliphatic rings. The van der Waals surface area contributed by atoms with Crippen LogP contribution in [0.4, 0.5) is 5.13 Å². The predicted octanol–water partition coefficient (Wildman–Crippen LogP) is 3.18. The average Bonchev–Trinajstić information content (AvgIpc) is 2.86. The van der Waals surface area contributed by atoms with Crippen molar-refractivity contribution in [3.8, 4) is 0 Å². The zero-order chi connectivity index (χ0) is 13.9. The third kappa shape index (κ3) is 3.69. The minimum absolute atomic E-state index is 0.164. The van der Waals surface area contributed by atoms with Crippen LogP contribution in [0.25, 0.3) is 0 Å². The van der Waals surface area contributed by atoms with E-state index in [9.17, 15) is 4.79 Å². The quantitative estimate of drug-likeness (QED) is 0.901. The molecule has 1 aromatic rings. The fraction of sp³-hybridized carbons (Fsp3) is 0.714. The predicted molar refractivity (Wildman–Crippen MR) is 77.9 cm³/mol. The van der Waals surface area contributed by atoms with Crippen molar-refractivity contribution >= 4 is 22.4 Å². The van der Waals surface area contributed by atoms with Crippen molar-refractivity contribution < 1.29 is 9.90 Å². The Morgan fingerprint density at radius 1 is 1.53 bits per heavy atom. The molecule has 1 saturated heterocycles. The van der Waals surface area contributed by atoms with Crippen LogP contribution in [0.15, 0.2) is 5.38 Å². The van der Waals surface area contributed by atoms with Crippen LogP contribution in [0.2, 0.25) is 0 Å². The van der Waals surface area contributed by atoms with Gasteiger partial charge in [0.2, 0.25) is 0 Å². The molecule has 0 radical (unpaired) electrons. The molecule has 1 fully saturated rings. The van der Waals surface area contributed by atoms with Crippen molar-refractivity contribution in [1.82, 2.24) is 4.98 Å². The van der Waals surface area contributed by atoms with E-state index in [4.69, 9.17) is 5.11 Å². The molecular weight excluding hydrogens is 260 g/mol. The van der Waals surface area contributed by atoms with Crippen molar-refractivity contribution in [3.63, 3.8) is 0 Å². The maximum atomic E-state index is 10.6. The molecule has 0 aliphatic carbocycles. The molecule has 1 aromatic heterocycles. The first-order chi connectivity index (χ1) is 9.02. The lowest BCUT2D eigenvalue weighted by atomic mass is 9.78. The number of rotatable bonds is 5. The summed E-state index contributed by atoms with van der Waals surface area (Å²) >= 11 is 1.64. The number of anilines is 1. The van der Waals surface area contributed by atoms with Crippen LogP contribution in [0.3, 0.4) is 0 Å². The Hall–Kier alpha value is -1.10. The lowest BCUT2D eigenvalue weighted by molar-refractivity contribution is -0.136. The van der Waals surface area contributed by atoms with E-state index in [2.05, 4.69) is 23.7 Å². The highest BCUT2D eigenvalue weighted by Crippen LogP contribution is 2.36. The molecule has 0 saturated carbocycles. The molecule has 2 rings (SSSR count). The fourth-order valence-electron chi connectivity index (χ4n) is 2.38. The standard InChI is InChI=1S/C14H22N2O2S/c1-3-14(2)6-8-16(9-7-14)13-15-11(10-19-13)4-5-12(17)18/h10H,3-9H2,1-2H3,(H,17,18). The molecule has 0 atom stereocenters. The Labute approximate surface area is 118 Å². The first-order valence-electron chi connectivity index (χ1n) is 6.93. The molecule has 2 heterocycles. The zero-order valence-corrected chi connectivity index (χ0v) is 12.5. The van der Waals surface area contributed by atoms with E-state index in [0.717, 1.165) is 23.9 Å². The van der Waals surface area contributed by atoms with Crippen LogP contribution >= 0.6 is 11.3 Å². The Balaban J connectivity index is 1.91. The molecule has 106 valence electrons. The summed E-state index contributed by atoms with van der Waals surface area (Å²) in [6.45, 7) is 6.76. The van der Waals surface area contributed by atoms with Crippen molar-refractivity contribution in [2.24, 2.45) is 5.41 Å². The van der Waals surface area contributed by atoms with Gasteiger partial charge < -0.3 is 10.0 Å². The normalized spacial score (nSPS) is 18.5. The van der Waals surface area contributed by atoms with Crippen LogP contribution < -0.4 is 4.90 Å². The van der Waals surface area contributed by atoms with E-state index in [1.54, 1.807) is 11.3 Å². The van der Waals surface area contributed by atoms with Crippen LogP contribution in [0.5, 0.6) is 0 Å². The third-order valence-electron chi connectivity index (χ3n) is 4.23. The van der Waals surface area contributed by atoms with Crippen LogP contribution in [0.1, 0.15) is 45.2 Å². The Kier molecular flexibility index (Phi) is 4.45. The summed E-state index contributed by atoms with van der Waals surface area (Å²) in [5, 5.41) is 11.7. The topological polar surface area (TPSA) is 53.4 Å².